The lowest BCUT2D eigenvalue weighted by atomic mass is 10.0. The molecular weight excluding hydrogens is 417 g/mol. The van der Waals surface area contributed by atoms with Crippen LogP contribution in [0.4, 0.5) is 4.39 Å². The molecule has 8 heteroatoms. The summed E-state index contributed by atoms with van der Waals surface area (Å²) in [6.45, 7) is 2.84. The van der Waals surface area contributed by atoms with Gasteiger partial charge in [0, 0.05) is 29.6 Å². The third kappa shape index (κ3) is 3.36. The summed E-state index contributed by atoms with van der Waals surface area (Å²) in [5, 5.41) is 20.8. The molecule has 0 bridgehead atoms. The van der Waals surface area contributed by atoms with Gasteiger partial charge in [-0.2, -0.15) is 10.2 Å². The molecule has 3 aromatic heterocycles. The minimum atomic E-state index is -0.416. The Morgan fingerprint density at radius 1 is 1.03 bits per heavy atom. The SMILES string of the molecule is CC(Cn1nccc1-c1cc(F)c2nnn(-c3ccc4cn[nH]c4c3)c2c1)c1ccccc1. The van der Waals surface area contributed by atoms with Crippen molar-refractivity contribution < 1.29 is 4.39 Å². The summed E-state index contributed by atoms with van der Waals surface area (Å²) >= 11 is 0. The number of nitrogens with one attached hydrogen (secondary N) is 1. The number of hydrogen-bond acceptors (Lipinski definition) is 4. The molecule has 0 aliphatic rings. The average molecular weight is 437 g/mol. The van der Waals surface area contributed by atoms with Crippen molar-refractivity contribution in [1.82, 2.24) is 35.0 Å². The van der Waals surface area contributed by atoms with Crippen LogP contribution in [0, 0.1) is 5.82 Å². The number of fused-ring (bicyclic) bond motifs is 2. The lowest BCUT2D eigenvalue weighted by Crippen LogP contribution is -2.09. The summed E-state index contributed by atoms with van der Waals surface area (Å²) in [6, 6.07) is 21.4. The van der Waals surface area contributed by atoms with Crippen LogP contribution in [0.1, 0.15) is 18.4 Å². The second kappa shape index (κ2) is 7.67. The van der Waals surface area contributed by atoms with E-state index in [1.807, 2.05) is 53.2 Å². The van der Waals surface area contributed by atoms with Crippen molar-refractivity contribution in [3.63, 3.8) is 0 Å². The number of nitrogens with zero attached hydrogens (tertiary/aromatic N) is 6. The molecule has 0 saturated heterocycles. The number of halogens is 1. The van der Waals surface area contributed by atoms with Gasteiger partial charge in [0.1, 0.15) is 5.52 Å². The van der Waals surface area contributed by atoms with E-state index < -0.39 is 5.82 Å². The van der Waals surface area contributed by atoms with Crippen molar-refractivity contribution in [2.45, 2.75) is 19.4 Å². The van der Waals surface area contributed by atoms with Gasteiger partial charge in [-0.15, -0.1) is 5.10 Å². The molecule has 7 nitrogen and oxygen atoms in total. The first-order chi connectivity index (χ1) is 16.2. The summed E-state index contributed by atoms with van der Waals surface area (Å²) < 4.78 is 18.6. The van der Waals surface area contributed by atoms with E-state index in [1.165, 1.54) is 11.6 Å². The Balaban J connectivity index is 1.42. The highest BCUT2D eigenvalue weighted by molar-refractivity contribution is 5.85. The standard InChI is InChI=1S/C25H20FN7/c1-16(17-5-3-2-4-6-17)15-32-23(9-10-28-32)19-11-21(26)25-24(12-19)33(31-30-25)20-8-7-18-14-27-29-22(18)13-20/h2-14,16H,15H2,1H3,(H,27,29). The molecule has 0 saturated carbocycles. The zero-order chi connectivity index (χ0) is 22.4. The van der Waals surface area contributed by atoms with Gasteiger partial charge in [0.15, 0.2) is 5.82 Å². The fourth-order valence-corrected chi connectivity index (χ4v) is 4.25. The average Bonchev–Trinajstić information content (AvgIpc) is 3.58. The van der Waals surface area contributed by atoms with Crippen LogP contribution >= 0.6 is 0 Å². The predicted octanol–water partition coefficient (Wildman–Crippen LogP) is 5.10. The Labute approximate surface area is 188 Å². The van der Waals surface area contributed by atoms with Gasteiger partial charge in [-0.25, -0.2) is 9.07 Å². The smallest absolute Gasteiger partial charge is 0.153 e. The third-order valence-corrected chi connectivity index (χ3v) is 6.00. The molecule has 3 heterocycles. The molecular formula is C25H20FN7. The number of hydrogen-bond donors (Lipinski definition) is 1. The van der Waals surface area contributed by atoms with Crippen molar-refractivity contribution in [3.05, 3.63) is 90.5 Å². The van der Waals surface area contributed by atoms with Crippen LogP contribution in [0.2, 0.25) is 0 Å². The Hall–Kier alpha value is -4.33. The highest BCUT2D eigenvalue weighted by Crippen LogP contribution is 2.29. The second-order valence-corrected chi connectivity index (χ2v) is 8.18. The number of aromatic amines is 1. The molecule has 162 valence electrons. The van der Waals surface area contributed by atoms with Crippen molar-refractivity contribution in [2.75, 3.05) is 0 Å². The predicted molar refractivity (Wildman–Crippen MR) is 125 cm³/mol. The zero-order valence-corrected chi connectivity index (χ0v) is 17.9. The normalized spacial score (nSPS) is 12.5. The molecule has 1 unspecified atom stereocenters. The van der Waals surface area contributed by atoms with Crippen molar-refractivity contribution >= 4 is 21.9 Å². The molecule has 6 aromatic rings. The summed E-state index contributed by atoms with van der Waals surface area (Å²) in [4.78, 5) is 0. The molecule has 1 N–H and O–H groups in total. The number of aromatic nitrogens is 7. The number of benzene rings is 3. The van der Waals surface area contributed by atoms with E-state index in [2.05, 4.69) is 44.7 Å². The Morgan fingerprint density at radius 3 is 2.79 bits per heavy atom. The summed E-state index contributed by atoms with van der Waals surface area (Å²) in [7, 11) is 0. The Morgan fingerprint density at radius 2 is 1.91 bits per heavy atom. The lowest BCUT2D eigenvalue weighted by Gasteiger charge is -2.15. The third-order valence-electron chi connectivity index (χ3n) is 6.00. The van der Waals surface area contributed by atoms with E-state index in [0.717, 1.165) is 27.8 Å². The van der Waals surface area contributed by atoms with Crippen molar-refractivity contribution in [3.8, 4) is 16.9 Å². The van der Waals surface area contributed by atoms with E-state index in [0.29, 0.717) is 12.1 Å². The topological polar surface area (TPSA) is 77.2 Å². The zero-order valence-electron chi connectivity index (χ0n) is 17.9. The highest BCUT2D eigenvalue weighted by atomic mass is 19.1. The first-order valence-corrected chi connectivity index (χ1v) is 10.7. The number of rotatable bonds is 5. The molecule has 6 rings (SSSR count). The minimum Gasteiger partial charge on any atom is -0.278 e. The molecule has 0 amide bonds. The van der Waals surface area contributed by atoms with Crippen LogP contribution in [0.5, 0.6) is 0 Å². The molecule has 0 radical (unpaired) electrons. The maximum Gasteiger partial charge on any atom is 0.153 e. The second-order valence-electron chi connectivity index (χ2n) is 8.18. The Bertz CT molecular complexity index is 1580. The maximum atomic E-state index is 15.1. The van der Waals surface area contributed by atoms with Crippen LogP contribution < -0.4 is 0 Å². The van der Waals surface area contributed by atoms with E-state index in [1.54, 1.807) is 17.1 Å². The van der Waals surface area contributed by atoms with Crippen LogP contribution in [-0.4, -0.2) is 35.0 Å². The summed E-state index contributed by atoms with van der Waals surface area (Å²) in [5.74, 6) is -0.160. The fraction of sp³-hybridized carbons (Fsp3) is 0.120. The summed E-state index contributed by atoms with van der Waals surface area (Å²) in [5.41, 5.74) is 5.27. The fourth-order valence-electron chi connectivity index (χ4n) is 4.25. The minimum absolute atomic E-state index is 0.229. The van der Waals surface area contributed by atoms with Crippen LogP contribution in [-0.2, 0) is 6.54 Å². The lowest BCUT2D eigenvalue weighted by molar-refractivity contribution is 0.548. The van der Waals surface area contributed by atoms with Crippen molar-refractivity contribution in [2.24, 2.45) is 0 Å². The molecule has 0 aliphatic carbocycles. The molecule has 0 spiro atoms. The molecule has 1 atom stereocenters. The highest BCUT2D eigenvalue weighted by Gasteiger charge is 2.17. The van der Waals surface area contributed by atoms with Crippen molar-refractivity contribution in [1.29, 1.82) is 0 Å². The van der Waals surface area contributed by atoms with Crippen LogP contribution in [0.3, 0.4) is 0 Å². The van der Waals surface area contributed by atoms with Crippen LogP contribution in [0.25, 0.3) is 38.9 Å². The number of H-pyrrole nitrogens is 1. The molecule has 3 aromatic carbocycles. The monoisotopic (exact) mass is 437 g/mol. The van der Waals surface area contributed by atoms with Gasteiger partial charge < -0.3 is 0 Å². The molecule has 0 fully saturated rings. The Kier molecular flexibility index (Phi) is 4.50. The summed E-state index contributed by atoms with van der Waals surface area (Å²) in [6.07, 6.45) is 3.50. The van der Waals surface area contributed by atoms with Gasteiger partial charge in [-0.1, -0.05) is 42.5 Å². The van der Waals surface area contributed by atoms with Crippen LogP contribution in [0.15, 0.2) is 79.1 Å². The first-order valence-electron chi connectivity index (χ1n) is 10.7. The van der Waals surface area contributed by atoms with E-state index in [-0.39, 0.29) is 11.4 Å². The van der Waals surface area contributed by atoms with E-state index >= 15 is 4.39 Å². The van der Waals surface area contributed by atoms with Gasteiger partial charge in [-0.05, 0) is 42.0 Å². The van der Waals surface area contributed by atoms with E-state index in [4.69, 9.17) is 0 Å². The molecule has 0 aliphatic heterocycles. The molecule has 33 heavy (non-hydrogen) atoms. The van der Waals surface area contributed by atoms with Gasteiger partial charge in [-0.3, -0.25) is 9.78 Å². The van der Waals surface area contributed by atoms with Gasteiger partial charge in [0.05, 0.1) is 28.6 Å². The van der Waals surface area contributed by atoms with Gasteiger partial charge in [0.25, 0.3) is 0 Å². The quantitative estimate of drug-likeness (QED) is 0.407. The van der Waals surface area contributed by atoms with E-state index in [9.17, 15) is 0 Å². The van der Waals surface area contributed by atoms with Gasteiger partial charge in [0.2, 0.25) is 0 Å². The first kappa shape index (κ1) is 19.4. The largest absolute Gasteiger partial charge is 0.278 e. The van der Waals surface area contributed by atoms with Gasteiger partial charge >= 0.3 is 0 Å². The maximum absolute atomic E-state index is 15.1.